The summed E-state index contributed by atoms with van der Waals surface area (Å²) < 4.78 is 0. The van der Waals surface area contributed by atoms with E-state index in [0.29, 0.717) is 19.3 Å². The average molecular weight is 190 g/mol. The molecule has 5 heteroatoms. The number of carboxylic acid groups (broad SMARTS) is 2. The standard InChI is InChI=1S/C8H14O5/c9-6(5-8(12)13)3-1-2-4-7(10)11/h6,9H,1-5H2,(H,10,11)(H,12,13)/t6-/m0/s1. The summed E-state index contributed by atoms with van der Waals surface area (Å²) >= 11 is 0. The van der Waals surface area contributed by atoms with Gasteiger partial charge < -0.3 is 15.3 Å². The Bertz CT molecular complexity index is 177. The van der Waals surface area contributed by atoms with Crippen LogP contribution in [0.1, 0.15) is 32.1 Å². The number of rotatable bonds is 7. The molecule has 0 aromatic rings. The van der Waals surface area contributed by atoms with Crippen molar-refractivity contribution in [3.8, 4) is 0 Å². The molecule has 0 heterocycles. The summed E-state index contributed by atoms with van der Waals surface area (Å²) in [7, 11) is 0. The zero-order valence-electron chi connectivity index (χ0n) is 7.27. The summed E-state index contributed by atoms with van der Waals surface area (Å²) in [4.78, 5) is 20.2. The molecule has 0 radical (unpaired) electrons. The molecule has 0 spiro atoms. The summed E-state index contributed by atoms with van der Waals surface area (Å²) in [5.41, 5.74) is 0. The predicted molar refractivity (Wildman–Crippen MR) is 44.4 cm³/mol. The Morgan fingerprint density at radius 2 is 1.69 bits per heavy atom. The van der Waals surface area contributed by atoms with Crippen molar-refractivity contribution in [2.45, 2.75) is 38.2 Å². The van der Waals surface area contributed by atoms with Gasteiger partial charge in [0.05, 0.1) is 12.5 Å². The van der Waals surface area contributed by atoms with E-state index >= 15 is 0 Å². The topological polar surface area (TPSA) is 94.8 Å². The minimum Gasteiger partial charge on any atom is -0.481 e. The number of aliphatic carboxylic acids is 2. The second kappa shape index (κ2) is 6.42. The first kappa shape index (κ1) is 11.9. The van der Waals surface area contributed by atoms with Gasteiger partial charge in [-0.25, -0.2) is 0 Å². The van der Waals surface area contributed by atoms with E-state index in [-0.39, 0.29) is 12.8 Å². The molecule has 0 aliphatic heterocycles. The van der Waals surface area contributed by atoms with E-state index in [1.807, 2.05) is 0 Å². The summed E-state index contributed by atoms with van der Waals surface area (Å²) in [6.07, 6.45) is 0.311. The van der Waals surface area contributed by atoms with E-state index in [2.05, 4.69) is 0 Å². The third kappa shape index (κ3) is 8.81. The molecule has 0 aromatic heterocycles. The number of hydrogen-bond donors (Lipinski definition) is 3. The van der Waals surface area contributed by atoms with Crippen LogP contribution in [-0.2, 0) is 9.59 Å². The molecule has 0 aliphatic carbocycles. The molecule has 0 saturated heterocycles. The predicted octanol–water partition coefficient (Wildman–Crippen LogP) is 0.467. The Kier molecular flexibility index (Phi) is 5.88. The van der Waals surface area contributed by atoms with Gasteiger partial charge in [-0.1, -0.05) is 6.42 Å². The zero-order chi connectivity index (χ0) is 10.3. The summed E-state index contributed by atoms with van der Waals surface area (Å²) in [6.45, 7) is 0. The van der Waals surface area contributed by atoms with Crippen LogP contribution >= 0.6 is 0 Å². The average Bonchev–Trinajstić information content (AvgIpc) is 1.96. The molecule has 1 atom stereocenters. The van der Waals surface area contributed by atoms with Crippen molar-refractivity contribution in [2.24, 2.45) is 0 Å². The van der Waals surface area contributed by atoms with Gasteiger partial charge in [-0.15, -0.1) is 0 Å². The SMILES string of the molecule is O=C(O)CCCC[C@H](O)CC(=O)O. The van der Waals surface area contributed by atoms with E-state index < -0.39 is 18.0 Å². The molecule has 0 unspecified atom stereocenters. The maximum Gasteiger partial charge on any atom is 0.305 e. The lowest BCUT2D eigenvalue weighted by atomic mass is 10.1. The first-order valence-electron chi connectivity index (χ1n) is 4.14. The minimum absolute atomic E-state index is 0.0692. The third-order valence-electron chi connectivity index (χ3n) is 1.59. The molecule has 0 amide bonds. The molecule has 0 fully saturated rings. The smallest absolute Gasteiger partial charge is 0.305 e. The highest BCUT2D eigenvalue weighted by Crippen LogP contribution is 2.06. The van der Waals surface area contributed by atoms with Gasteiger partial charge >= 0.3 is 11.9 Å². The van der Waals surface area contributed by atoms with E-state index in [1.165, 1.54) is 0 Å². The zero-order valence-corrected chi connectivity index (χ0v) is 7.27. The molecule has 3 N–H and O–H groups in total. The van der Waals surface area contributed by atoms with Crippen molar-refractivity contribution >= 4 is 11.9 Å². The van der Waals surface area contributed by atoms with Gasteiger partial charge in [0.25, 0.3) is 0 Å². The fraction of sp³-hybridized carbons (Fsp3) is 0.750. The molecule has 0 rings (SSSR count). The van der Waals surface area contributed by atoms with Crippen LogP contribution in [0.3, 0.4) is 0 Å². The molecular formula is C8H14O5. The van der Waals surface area contributed by atoms with E-state index in [9.17, 15) is 9.59 Å². The van der Waals surface area contributed by atoms with E-state index in [0.717, 1.165) is 0 Å². The first-order chi connectivity index (χ1) is 6.02. The fourth-order valence-corrected chi connectivity index (χ4v) is 0.960. The van der Waals surface area contributed by atoms with E-state index in [1.54, 1.807) is 0 Å². The monoisotopic (exact) mass is 190 g/mol. The number of unbranched alkanes of at least 4 members (excludes halogenated alkanes) is 1. The number of carbonyl (C=O) groups is 2. The van der Waals surface area contributed by atoms with Crippen molar-refractivity contribution in [1.29, 1.82) is 0 Å². The minimum atomic E-state index is -1.04. The lowest BCUT2D eigenvalue weighted by Gasteiger charge is -2.05. The van der Waals surface area contributed by atoms with Gasteiger partial charge in [0.1, 0.15) is 0 Å². The van der Waals surface area contributed by atoms with Crippen molar-refractivity contribution in [3.63, 3.8) is 0 Å². The van der Waals surface area contributed by atoms with Crippen LogP contribution in [0.4, 0.5) is 0 Å². The number of hydrogen-bond acceptors (Lipinski definition) is 3. The molecule has 0 saturated carbocycles. The van der Waals surface area contributed by atoms with Gasteiger partial charge in [0.15, 0.2) is 0 Å². The molecule has 13 heavy (non-hydrogen) atoms. The fourth-order valence-electron chi connectivity index (χ4n) is 0.960. The second-order valence-corrected chi connectivity index (χ2v) is 2.89. The van der Waals surface area contributed by atoms with Gasteiger partial charge in [0, 0.05) is 6.42 Å². The highest BCUT2D eigenvalue weighted by molar-refractivity contribution is 5.67. The highest BCUT2D eigenvalue weighted by Gasteiger charge is 2.08. The molecule has 0 bridgehead atoms. The first-order valence-corrected chi connectivity index (χ1v) is 4.14. The number of aliphatic hydroxyl groups excluding tert-OH is 1. The van der Waals surface area contributed by atoms with Crippen molar-refractivity contribution in [3.05, 3.63) is 0 Å². The second-order valence-electron chi connectivity index (χ2n) is 2.89. The summed E-state index contributed by atoms with van der Waals surface area (Å²) in [6, 6.07) is 0. The van der Waals surface area contributed by atoms with Crippen LogP contribution in [-0.4, -0.2) is 33.4 Å². The van der Waals surface area contributed by atoms with Gasteiger partial charge in [0.2, 0.25) is 0 Å². The van der Waals surface area contributed by atoms with Crippen LogP contribution < -0.4 is 0 Å². The van der Waals surface area contributed by atoms with Crippen LogP contribution in [0.2, 0.25) is 0 Å². The lowest BCUT2D eigenvalue weighted by Crippen LogP contribution is -2.12. The van der Waals surface area contributed by atoms with Crippen molar-refractivity contribution < 1.29 is 24.9 Å². The molecule has 0 aliphatic rings. The van der Waals surface area contributed by atoms with Gasteiger partial charge in [-0.2, -0.15) is 0 Å². The van der Waals surface area contributed by atoms with Crippen LogP contribution in [0, 0.1) is 0 Å². The molecule has 5 nitrogen and oxygen atoms in total. The van der Waals surface area contributed by atoms with E-state index in [4.69, 9.17) is 15.3 Å². The quantitative estimate of drug-likeness (QED) is 0.507. The Hall–Kier alpha value is -1.10. The Balaban J connectivity index is 3.31. The molecule has 0 aromatic carbocycles. The maximum atomic E-state index is 10.1. The summed E-state index contributed by atoms with van der Waals surface area (Å²) in [5, 5.41) is 25.6. The Morgan fingerprint density at radius 1 is 1.08 bits per heavy atom. The van der Waals surface area contributed by atoms with Gasteiger partial charge in [-0.05, 0) is 12.8 Å². The van der Waals surface area contributed by atoms with Crippen LogP contribution in [0.5, 0.6) is 0 Å². The largest absolute Gasteiger partial charge is 0.481 e. The maximum absolute atomic E-state index is 10.1. The number of aliphatic hydroxyl groups is 1. The van der Waals surface area contributed by atoms with Crippen LogP contribution in [0.25, 0.3) is 0 Å². The number of carboxylic acids is 2. The van der Waals surface area contributed by atoms with Crippen molar-refractivity contribution in [2.75, 3.05) is 0 Å². The van der Waals surface area contributed by atoms with Gasteiger partial charge in [-0.3, -0.25) is 9.59 Å². The summed E-state index contributed by atoms with van der Waals surface area (Å²) in [5.74, 6) is -1.90. The highest BCUT2D eigenvalue weighted by atomic mass is 16.4. The normalized spacial score (nSPS) is 12.4. The van der Waals surface area contributed by atoms with Crippen LogP contribution in [0.15, 0.2) is 0 Å². The lowest BCUT2D eigenvalue weighted by molar-refractivity contribution is -0.140. The Labute approximate surface area is 76.0 Å². The van der Waals surface area contributed by atoms with Crippen molar-refractivity contribution in [1.82, 2.24) is 0 Å². The third-order valence-corrected chi connectivity index (χ3v) is 1.59. The molecule has 76 valence electrons. The molecular weight excluding hydrogens is 176 g/mol. The Morgan fingerprint density at radius 3 is 2.15 bits per heavy atom.